The van der Waals surface area contributed by atoms with E-state index in [-0.39, 0.29) is 0 Å². The van der Waals surface area contributed by atoms with Crippen molar-refractivity contribution in [3.8, 4) is 0 Å². The van der Waals surface area contributed by atoms with Gasteiger partial charge in [0.2, 0.25) is 0 Å². The molecule has 0 spiro atoms. The van der Waals surface area contributed by atoms with Crippen LogP contribution in [0.2, 0.25) is 5.02 Å². The van der Waals surface area contributed by atoms with E-state index in [9.17, 15) is 4.79 Å². The Balaban J connectivity index is 2.44. The minimum absolute atomic E-state index is 0.403. The molecule has 6 heteroatoms. The Kier molecular flexibility index (Phi) is 4.33. The lowest BCUT2D eigenvalue weighted by atomic mass is 10.1. The van der Waals surface area contributed by atoms with Gasteiger partial charge in [-0.3, -0.25) is 5.43 Å². The summed E-state index contributed by atoms with van der Waals surface area (Å²) >= 11 is 10.6. The zero-order chi connectivity index (χ0) is 11.3. The number of hydrazine groups is 1. The third-order valence-corrected chi connectivity index (χ3v) is 2.09. The average molecular weight is 245 g/mol. The summed E-state index contributed by atoms with van der Waals surface area (Å²) in [5.74, 6) is 0. The molecule has 0 bridgehead atoms. The zero-order valence-corrected chi connectivity index (χ0v) is 9.23. The Labute approximate surface area is 97.2 Å². The minimum Gasteiger partial charge on any atom is -0.464 e. The van der Waals surface area contributed by atoms with Gasteiger partial charge in [-0.2, -0.15) is 0 Å². The Morgan fingerprint density at radius 2 is 1.93 bits per heavy atom. The molecule has 0 aliphatic carbocycles. The monoisotopic (exact) mass is 244 g/mol. The summed E-state index contributed by atoms with van der Waals surface area (Å²) in [7, 11) is 0. The van der Waals surface area contributed by atoms with Crippen LogP contribution in [0.4, 0.5) is 4.79 Å². The van der Waals surface area contributed by atoms with E-state index in [2.05, 4.69) is 5.43 Å². The highest BCUT2D eigenvalue weighted by molar-refractivity contribution is 7.80. The molecule has 1 aromatic carbocycles. The first-order valence-corrected chi connectivity index (χ1v) is 4.89. The molecule has 1 amide bonds. The van der Waals surface area contributed by atoms with Crippen LogP contribution in [0.3, 0.4) is 0 Å². The molecular weight excluding hydrogens is 236 g/mol. The summed E-state index contributed by atoms with van der Waals surface area (Å²) in [5, 5.41) is 8.97. The molecule has 0 heterocycles. The highest BCUT2D eigenvalue weighted by atomic mass is 35.5. The number of hydrogen-bond acceptors (Lipinski definition) is 2. The van der Waals surface area contributed by atoms with Crippen LogP contribution < -0.4 is 10.9 Å². The Bertz CT molecular complexity index is 367. The van der Waals surface area contributed by atoms with Crippen LogP contribution in [-0.4, -0.2) is 16.2 Å². The Morgan fingerprint density at radius 3 is 2.47 bits per heavy atom. The molecule has 0 aliphatic rings. The zero-order valence-electron chi connectivity index (χ0n) is 7.66. The number of benzene rings is 1. The summed E-state index contributed by atoms with van der Waals surface area (Å²) in [4.78, 5) is 10.6. The second kappa shape index (κ2) is 5.53. The maximum atomic E-state index is 10.2. The Morgan fingerprint density at radius 1 is 1.33 bits per heavy atom. The van der Waals surface area contributed by atoms with Crippen molar-refractivity contribution in [1.29, 1.82) is 0 Å². The molecule has 1 rings (SSSR count). The van der Waals surface area contributed by atoms with Crippen LogP contribution in [-0.2, 0) is 6.42 Å². The van der Waals surface area contributed by atoms with Crippen molar-refractivity contribution >= 4 is 34.9 Å². The number of carboxylic acid groups (broad SMARTS) is 1. The van der Waals surface area contributed by atoms with Gasteiger partial charge in [0.15, 0.2) is 0 Å². The van der Waals surface area contributed by atoms with Crippen LogP contribution in [0.1, 0.15) is 5.56 Å². The van der Waals surface area contributed by atoms with Crippen molar-refractivity contribution in [3.63, 3.8) is 0 Å². The second-order valence-electron chi connectivity index (χ2n) is 2.78. The van der Waals surface area contributed by atoms with E-state index >= 15 is 0 Å². The molecule has 0 radical (unpaired) electrons. The SMILES string of the molecule is O=C(O)NNC(=S)Cc1ccc(Cl)cc1. The number of carbonyl (C=O) groups is 1. The number of rotatable bonds is 2. The maximum absolute atomic E-state index is 10.2. The van der Waals surface area contributed by atoms with Gasteiger partial charge in [0.25, 0.3) is 0 Å². The van der Waals surface area contributed by atoms with E-state index in [0.717, 1.165) is 5.56 Å². The van der Waals surface area contributed by atoms with Crippen LogP contribution >= 0.6 is 23.8 Å². The summed E-state index contributed by atoms with van der Waals surface area (Å²) < 4.78 is 0. The number of nitrogens with one attached hydrogen (secondary N) is 2. The van der Waals surface area contributed by atoms with Crippen molar-refractivity contribution in [2.75, 3.05) is 0 Å². The van der Waals surface area contributed by atoms with Crippen molar-refractivity contribution in [2.24, 2.45) is 0 Å². The van der Waals surface area contributed by atoms with E-state index in [1.165, 1.54) is 0 Å². The number of amides is 1. The quantitative estimate of drug-likeness (QED) is 0.550. The van der Waals surface area contributed by atoms with Crippen LogP contribution in [0.25, 0.3) is 0 Å². The molecule has 0 saturated heterocycles. The van der Waals surface area contributed by atoms with Gasteiger partial charge in [0.05, 0.1) is 4.99 Å². The fraction of sp³-hybridized carbons (Fsp3) is 0.111. The molecule has 0 atom stereocenters. The third kappa shape index (κ3) is 4.62. The third-order valence-electron chi connectivity index (χ3n) is 1.59. The predicted molar refractivity (Wildman–Crippen MR) is 62.1 cm³/mol. The first-order valence-electron chi connectivity index (χ1n) is 4.10. The molecule has 80 valence electrons. The van der Waals surface area contributed by atoms with Gasteiger partial charge in [-0.15, -0.1) is 0 Å². The molecule has 0 fully saturated rings. The van der Waals surface area contributed by atoms with E-state index in [1.807, 2.05) is 17.6 Å². The van der Waals surface area contributed by atoms with Gasteiger partial charge in [-0.1, -0.05) is 36.0 Å². The normalized spacial score (nSPS) is 9.40. The van der Waals surface area contributed by atoms with E-state index in [0.29, 0.717) is 16.4 Å². The fourth-order valence-electron chi connectivity index (χ4n) is 0.955. The summed E-state index contributed by atoms with van der Waals surface area (Å²) in [6.45, 7) is 0. The predicted octanol–water partition coefficient (Wildman–Crippen LogP) is 1.98. The highest BCUT2D eigenvalue weighted by Gasteiger charge is 2.00. The molecule has 3 N–H and O–H groups in total. The minimum atomic E-state index is -1.17. The van der Waals surface area contributed by atoms with Crippen molar-refractivity contribution in [1.82, 2.24) is 10.9 Å². The standard InChI is InChI=1S/C9H9ClN2O2S/c10-7-3-1-6(2-4-7)5-8(15)11-12-9(13)14/h1-4,12H,5H2,(H,11,15)(H,13,14). The van der Waals surface area contributed by atoms with E-state index in [1.54, 1.807) is 12.1 Å². The first-order chi connectivity index (χ1) is 7.08. The van der Waals surface area contributed by atoms with E-state index < -0.39 is 6.09 Å². The molecule has 1 aromatic rings. The van der Waals surface area contributed by atoms with Gasteiger partial charge < -0.3 is 5.11 Å². The van der Waals surface area contributed by atoms with Gasteiger partial charge in [0, 0.05) is 11.4 Å². The second-order valence-corrected chi connectivity index (χ2v) is 3.71. The molecular formula is C9H9ClN2O2S. The van der Waals surface area contributed by atoms with E-state index in [4.69, 9.17) is 28.9 Å². The fourth-order valence-corrected chi connectivity index (χ4v) is 1.30. The van der Waals surface area contributed by atoms with Gasteiger partial charge in [0.1, 0.15) is 0 Å². The lowest BCUT2D eigenvalue weighted by Gasteiger charge is -2.06. The van der Waals surface area contributed by atoms with Gasteiger partial charge in [-0.05, 0) is 17.7 Å². The molecule has 0 saturated carbocycles. The maximum Gasteiger partial charge on any atom is 0.423 e. The molecule has 0 aliphatic heterocycles. The number of thiocarbonyl (C=S) groups is 1. The molecule has 0 aromatic heterocycles. The van der Waals surface area contributed by atoms with Crippen LogP contribution in [0.5, 0.6) is 0 Å². The van der Waals surface area contributed by atoms with Crippen LogP contribution in [0, 0.1) is 0 Å². The van der Waals surface area contributed by atoms with Gasteiger partial charge in [-0.25, -0.2) is 10.2 Å². The molecule has 15 heavy (non-hydrogen) atoms. The van der Waals surface area contributed by atoms with Crippen molar-refractivity contribution < 1.29 is 9.90 Å². The molecule has 4 nitrogen and oxygen atoms in total. The van der Waals surface area contributed by atoms with Crippen LogP contribution in [0.15, 0.2) is 24.3 Å². The molecule has 0 unspecified atom stereocenters. The summed E-state index contributed by atoms with van der Waals surface area (Å²) in [5.41, 5.74) is 5.33. The topological polar surface area (TPSA) is 61.4 Å². The first kappa shape index (κ1) is 11.7. The number of halogens is 1. The lowest BCUT2D eigenvalue weighted by Crippen LogP contribution is -2.40. The lowest BCUT2D eigenvalue weighted by molar-refractivity contribution is 0.192. The van der Waals surface area contributed by atoms with Crippen molar-refractivity contribution in [3.05, 3.63) is 34.9 Å². The summed E-state index contributed by atoms with van der Waals surface area (Å²) in [6, 6.07) is 7.17. The van der Waals surface area contributed by atoms with Gasteiger partial charge >= 0.3 is 6.09 Å². The van der Waals surface area contributed by atoms with Crippen molar-refractivity contribution in [2.45, 2.75) is 6.42 Å². The summed E-state index contributed by atoms with van der Waals surface area (Å²) in [6.07, 6.45) is -0.708. The highest BCUT2D eigenvalue weighted by Crippen LogP contribution is 2.09. The smallest absolute Gasteiger partial charge is 0.423 e. The average Bonchev–Trinajstić information content (AvgIpc) is 2.19. The number of hydrogen-bond donors (Lipinski definition) is 3. The largest absolute Gasteiger partial charge is 0.464 e. The Hall–Kier alpha value is -1.33.